The second-order valence-electron chi connectivity index (χ2n) is 12.7. The Labute approximate surface area is 324 Å². The molecule has 0 fully saturated rings. The van der Waals surface area contributed by atoms with Gasteiger partial charge in [-0.2, -0.15) is 0 Å². The third-order valence-corrected chi connectivity index (χ3v) is 15.0. The Balaban J connectivity index is 1.49. The summed E-state index contributed by atoms with van der Waals surface area (Å²) in [5, 5.41) is 9.75. The van der Waals surface area contributed by atoms with Gasteiger partial charge in [-0.15, -0.1) is 0 Å². The summed E-state index contributed by atoms with van der Waals surface area (Å²) in [5.74, 6) is 2.94. The van der Waals surface area contributed by atoms with Crippen LogP contribution in [0.2, 0.25) is 0 Å². The molecule has 0 bridgehead atoms. The summed E-state index contributed by atoms with van der Waals surface area (Å²) in [6, 6.07) is 16.5. The average molecular weight is 1100 g/mol. The molecule has 3 rings (SSSR count). The van der Waals surface area contributed by atoms with E-state index in [1.165, 1.54) is 25.0 Å². The molecule has 2 N–H and O–H groups in total. The van der Waals surface area contributed by atoms with Gasteiger partial charge in [-0.3, -0.25) is 0 Å². The van der Waals surface area contributed by atoms with E-state index in [2.05, 4.69) is 10.1 Å². The molecule has 48 heavy (non-hydrogen) atoms. The molecule has 9 nitrogen and oxygen atoms in total. The number of aryl methyl sites for hydroxylation is 1. The van der Waals surface area contributed by atoms with Crippen LogP contribution in [0.4, 0.5) is 4.79 Å². The number of aromatic nitrogens is 1. The summed E-state index contributed by atoms with van der Waals surface area (Å²) in [6.45, 7) is 10.2. The number of rotatable bonds is 21. The third-order valence-electron chi connectivity index (χ3n) is 7.75. The minimum absolute atomic E-state index is 0.0790. The monoisotopic (exact) mass is 1100 g/mol. The van der Waals surface area contributed by atoms with Crippen LogP contribution in [-0.2, 0) is 21.2 Å². The molecule has 258 valence electrons. The molecule has 0 saturated carbocycles. The van der Waals surface area contributed by atoms with Crippen LogP contribution in [0.5, 0.6) is 0 Å². The molecule has 0 spiro atoms. The van der Waals surface area contributed by atoms with Crippen LogP contribution in [0.15, 0.2) is 64.0 Å². The van der Waals surface area contributed by atoms with Crippen LogP contribution in [0.25, 0.3) is 22.4 Å². The number of amides is 1. The number of nitrogens with zero attached hydrogens (tertiary/aromatic N) is 3. The Morgan fingerprint density at radius 1 is 0.833 bits per heavy atom. The van der Waals surface area contributed by atoms with Gasteiger partial charge < -0.3 is 4.52 Å². The zero-order valence-electron chi connectivity index (χ0n) is 28.4. The maximum absolute atomic E-state index is 12.8. The number of carbonyl (C=O) groups excluding carboxylic acids is 1. The number of hydrogen-bond donors (Lipinski definition) is 1. The van der Waals surface area contributed by atoms with Gasteiger partial charge in [0, 0.05) is 5.56 Å². The topological polar surface area (TPSA) is 119 Å². The summed E-state index contributed by atoms with van der Waals surface area (Å²) in [7, 11) is 0.163. The molecular formula is C34H48N4O5S3Tl2. The van der Waals surface area contributed by atoms with Gasteiger partial charge in [0.2, 0.25) is 10.0 Å². The van der Waals surface area contributed by atoms with E-state index < -0.39 is 15.6 Å². The van der Waals surface area contributed by atoms with Crippen molar-refractivity contribution in [3.8, 4) is 22.4 Å². The van der Waals surface area contributed by atoms with Gasteiger partial charge in [0.15, 0.2) is 0 Å². The quantitative estimate of drug-likeness (QED) is 0.0918. The zero-order valence-corrected chi connectivity index (χ0v) is 39.9. The minimum atomic E-state index is -3.78. The fraction of sp³-hybridized carbons (Fsp3) is 0.529. The van der Waals surface area contributed by atoms with Gasteiger partial charge in [-0.05, 0) is 17.7 Å². The molecule has 0 radical (unpaired) electrons. The first-order valence-electron chi connectivity index (χ1n) is 16.4. The summed E-state index contributed by atoms with van der Waals surface area (Å²) in [4.78, 5) is 17.3. The van der Waals surface area contributed by atoms with Crippen LogP contribution >= 0.6 is 16.6 Å². The molecular weight excluding hydrogens is 1050 g/mol. The van der Waals surface area contributed by atoms with Crippen molar-refractivity contribution in [2.24, 2.45) is 5.14 Å². The molecule has 0 unspecified atom stereocenters. The zero-order chi connectivity index (χ0) is 35.0. The number of benzene rings is 2. The van der Waals surface area contributed by atoms with Crippen molar-refractivity contribution in [3.05, 3.63) is 60.4 Å². The number of carbonyl (C=O) groups is 1. The fourth-order valence-corrected chi connectivity index (χ4v) is 8.95. The van der Waals surface area contributed by atoms with Crippen molar-refractivity contribution >= 4 is 81.3 Å². The van der Waals surface area contributed by atoms with Gasteiger partial charge in [0.05, 0.1) is 10.5 Å². The summed E-state index contributed by atoms with van der Waals surface area (Å²) >= 11 is 1.81. The predicted octanol–water partition coefficient (Wildman–Crippen LogP) is 6.71. The number of sulfonamides is 1. The maximum atomic E-state index is 12.8. The van der Waals surface area contributed by atoms with E-state index >= 15 is 0 Å². The Kier molecular flexibility index (Phi) is 18.8. The van der Waals surface area contributed by atoms with E-state index in [0.717, 1.165) is 146 Å². The molecule has 1 heterocycles. The second kappa shape index (κ2) is 21.6. The van der Waals surface area contributed by atoms with Crippen molar-refractivity contribution in [1.82, 2.24) is 15.0 Å². The number of ether oxygens (including phenoxy) is 1. The van der Waals surface area contributed by atoms with E-state index in [1.54, 1.807) is 12.1 Å². The second-order valence-corrected chi connectivity index (χ2v) is 23.5. The van der Waals surface area contributed by atoms with Gasteiger partial charge >= 0.3 is 206 Å². The van der Waals surface area contributed by atoms with Crippen LogP contribution in [0, 0.1) is 0 Å². The van der Waals surface area contributed by atoms with E-state index in [-0.39, 0.29) is 11.0 Å². The SMILES string of the molecule is CC(C)(C)OC(=O)N(CC[S][Tl])CCN(CCCCCCCCc1onc(-c2ccccc2)c1-c1ccc(S(N)(=O)=O)cc1)CC[S][Tl]. The molecule has 1 aromatic heterocycles. The average Bonchev–Trinajstić information content (AvgIpc) is 3.47. The summed E-state index contributed by atoms with van der Waals surface area (Å²) < 4.78 is 35.2. The Morgan fingerprint density at radius 3 is 2.08 bits per heavy atom. The van der Waals surface area contributed by atoms with Crippen LogP contribution in [-0.4, -0.2) is 128 Å². The molecule has 0 aliphatic rings. The van der Waals surface area contributed by atoms with Gasteiger partial charge in [0.1, 0.15) is 11.5 Å². The van der Waals surface area contributed by atoms with Gasteiger partial charge in [-0.1, -0.05) is 47.6 Å². The number of hydrogen-bond acceptors (Lipinski definition) is 9. The third kappa shape index (κ3) is 14.9. The first-order chi connectivity index (χ1) is 22.9. The van der Waals surface area contributed by atoms with Crippen molar-refractivity contribution in [2.45, 2.75) is 76.2 Å². The normalized spacial score (nSPS) is 12.0. The molecule has 0 saturated heterocycles. The first kappa shape index (κ1) is 41.8. The standard InChI is InChI=1S/C34H50N4O5S3.2Tl/c1-34(2,3)42-33(39)38(24-26-45)22-21-37(23-25-44)20-12-7-5-4-6-11-15-30-31(27-16-18-29(19-17-27)46(35,40)41)32(36-43-30)28-13-9-8-10-14-28;;/h8-10,13-14,16-19,44-45H,4-7,11-12,15,20-26H2,1-3H3,(H2,35,40,41);;/q;2*+1/p-2. The fourth-order valence-electron chi connectivity index (χ4n) is 5.29. The van der Waals surface area contributed by atoms with Gasteiger partial charge in [-0.25, -0.2) is 13.6 Å². The van der Waals surface area contributed by atoms with E-state index in [9.17, 15) is 13.2 Å². The molecule has 2 aromatic carbocycles. The van der Waals surface area contributed by atoms with Crippen LogP contribution in [0.1, 0.15) is 65.1 Å². The molecule has 0 atom stereocenters. The van der Waals surface area contributed by atoms with Gasteiger partial charge in [0.25, 0.3) is 0 Å². The summed E-state index contributed by atoms with van der Waals surface area (Å²) in [5.41, 5.74) is 2.97. The number of primary sulfonamides is 1. The van der Waals surface area contributed by atoms with Crippen molar-refractivity contribution < 1.29 is 22.5 Å². The molecule has 3 aromatic rings. The van der Waals surface area contributed by atoms with Crippen molar-refractivity contribution in [2.75, 3.05) is 44.2 Å². The van der Waals surface area contributed by atoms with E-state index in [4.69, 9.17) is 14.4 Å². The van der Waals surface area contributed by atoms with E-state index in [1.807, 2.05) is 72.6 Å². The molecule has 0 aliphatic carbocycles. The Morgan fingerprint density at radius 2 is 1.46 bits per heavy atom. The predicted molar refractivity (Wildman–Crippen MR) is 201 cm³/mol. The Bertz CT molecular complexity index is 1490. The first-order valence-corrected chi connectivity index (χ1v) is 31.1. The number of nitrogens with two attached hydrogens (primary N) is 1. The van der Waals surface area contributed by atoms with Crippen LogP contribution < -0.4 is 5.14 Å². The van der Waals surface area contributed by atoms with Crippen molar-refractivity contribution in [3.63, 3.8) is 0 Å². The number of unbranched alkanes of at least 4 members (excludes halogenated alkanes) is 5. The van der Waals surface area contributed by atoms with E-state index in [0.29, 0.717) is 6.54 Å². The molecule has 0 aliphatic heterocycles. The Hall–Kier alpha value is -0.666. The molecule has 1 amide bonds. The van der Waals surface area contributed by atoms with Crippen LogP contribution in [0.3, 0.4) is 0 Å². The van der Waals surface area contributed by atoms with Crippen molar-refractivity contribution in [1.29, 1.82) is 0 Å². The molecule has 14 heteroatoms. The summed E-state index contributed by atoms with van der Waals surface area (Å²) in [6.07, 6.45) is 7.30.